The molecule has 0 aliphatic carbocycles. The van der Waals surface area contributed by atoms with E-state index >= 15 is 0 Å². The lowest BCUT2D eigenvalue weighted by Gasteiger charge is -2.08. The fraction of sp³-hybridized carbons (Fsp3) is 0.211. The Labute approximate surface area is 141 Å². The third kappa shape index (κ3) is 3.12. The smallest absolute Gasteiger partial charge is 0.333 e. The van der Waals surface area contributed by atoms with Gasteiger partial charge in [0.2, 0.25) is 0 Å². The number of hydrogen-bond donors (Lipinski definition) is 0. The topological polar surface area (TPSA) is 60.4 Å². The number of methoxy groups -OCH3 is 1. The van der Waals surface area contributed by atoms with Crippen LogP contribution >= 0.6 is 0 Å². The monoisotopic (exact) mass is 342 g/mol. The van der Waals surface area contributed by atoms with E-state index in [1.54, 1.807) is 18.2 Å². The lowest BCUT2D eigenvalue weighted by molar-refractivity contribution is -0.136. The van der Waals surface area contributed by atoms with Gasteiger partial charge in [0.15, 0.2) is 9.84 Å². The van der Waals surface area contributed by atoms with E-state index in [2.05, 4.69) is 0 Å². The van der Waals surface area contributed by atoms with Gasteiger partial charge in [0, 0.05) is 5.57 Å². The second-order valence-electron chi connectivity index (χ2n) is 5.85. The standard InChI is InChI=1S/C19H18O4S/c1-13-3-5-14(6-4-13)15-7-8-18-17(11-15)12-16(19(20)23-2)9-10-24(18,21)22/h3-8,11-12H,9-10H2,1-2H3. The largest absolute Gasteiger partial charge is 0.466 e. The van der Waals surface area contributed by atoms with Crippen LogP contribution in [0.5, 0.6) is 0 Å². The van der Waals surface area contributed by atoms with Crippen LogP contribution in [0.25, 0.3) is 17.2 Å². The first-order chi connectivity index (χ1) is 11.4. The molecular formula is C19H18O4S. The van der Waals surface area contributed by atoms with E-state index in [9.17, 15) is 13.2 Å². The molecule has 0 spiro atoms. The zero-order valence-electron chi connectivity index (χ0n) is 13.6. The highest BCUT2D eigenvalue weighted by Crippen LogP contribution is 2.31. The number of esters is 1. The van der Waals surface area contributed by atoms with Gasteiger partial charge >= 0.3 is 5.97 Å². The lowest BCUT2D eigenvalue weighted by Crippen LogP contribution is -2.09. The summed E-state index contributed by atoms with van der Waals surface area (Å²) in [5.74, 6) is -0.580. The quantitative estimate of drug-likeness (QED) is 0.785. The molecule has 1 heterocycles. The Morgan fingerprint density at radius 3 is 2.38 bits per heavy atom. The SMILES string of the molecule is COC(=O)C1=Cc2cc(-c3ccc(C)cc3)ccc2S(=O)(=O)CC1. The molecule has 0 fully saturated rings. The van der Waals surface area contributed by atoms with Crippen molar-refractivity contribution >= 4 is 21.9 Å². The van der Waals surface area contributed by atoms with Crippen LogP contribution in [0.2, 0.25) is 0 Å². The van der Waals surface area contributed by atoms with Gasteiger partial charge in [-0.25, -0.2) is 13.2 Å². The maximum atomic E-state index is 12.5. The van der Waals surface area contributed by atoms with E-state index in [0.29, 0.717) is 11.1 Å². The van der Waals surface area contributed by atoms with Crippen LogP contribution in [0.4, 0.5) is 0 Å². The number of rotatable bonds is 2. The minimum Gasteiger partial charge on any atom is -0.466 e. The highest BCUT2D eigenvalue weighted by atomic mass is 32.2. The molecule has 1 aliphatic rings. The van der Waals surface area contributed by atoms with Gasteiger partial charge in [0.05, 0.1) is 17.8 Å². The molecule has 5 heteroatoms. The molecule has 1 aliphatic heterocycles. The molecule has 0 amide bonds. The maximum Gasteiger partial charge on any atom is 0.333 e. The van der Waals surface area contributed by atoms with Crippen LogP contribution < -0.4 is 0 Å². The van der Waals surface area contributed by atoms with Gasteiger partial charge in [0.1, 0.15) is 0 Å². The van der Waals surface area contributed by atoms with Crippen LogP contribution in [0.15, 0.2) is 52.9 Å². The first kappa shape index (κ1) is 16.5. The molecule has 0 unspecified atom stereocenters. The Morgan fingerprint density at radius 2 is 1.71 bits per heavy atom. The van der Waals surface area contributed by atoms with Gasteiger partial charge in [-0.05, 0) is 48.2 Å². The van der Waals surface area contributed by atoms with E-state index in [1.165, 1.54) is 7.11 Å². The van der Waals surface area contributed by atoms with E-state index < -0.39 is 15.8 Å². The summed E-state index contributed by atoms with van der Waals surface area (Å²) in [6.07, 6.45) is 1.78. The first-order valence-corrected chi connectivity index (χ1v) is 9.29. The number of hydrogen-bond acceptors (Lipinski definition) is 4. The number of ether oxygens (including phenoxy) is 1. The molecule has 0 aromatic heterocycles. The summed E-state index contributed by atoms with van der Waals surface area (Å²) in [6.45, 7) is 2.01. The van der Waals surface area contributed by atoms with Crippen molar-refractivity contribution in [1.29, 1.82) is 0 Å². The fourth-order valence-electron chi connectivity index (χ4n) is 2.78. The summed E-state index contributed by atoms with van der Waals surface area (Å²) in [4.78, 5) is 12.1. The number of carbonyl (C=O) groups is 1. The zero-order chi connectivity index (χ0) is 17.3. The molecule has 0 radical (unpaired) electrons. The highest BCUT2D eigenvalue weighted by Gasteiger charge is 2.25. The van der Waals surface area contributed by atoms with Crippen molar-refractivity contribution in [2.24, 2.45) is 0 Å². The molecule has 0 bridgehead atoms. The molecule has 0 saturated carbocycles. The molecule has 24 heavy (non-hydrogen) atoms. The predicted octanol–water partition coefficient (Wildman–Crippen LogP) is 3.40. The minimum absolute atomic E-state index is 0.0924. The summed E-state index contributed by atoms with van der Waals surface area (Å²) in [7, 11) is -2.12. The third-order valence-electron chi connectivity index (χ3n) is 4.15. The van der Waals surface area contributed by atoms with Crippen molar-refractivity contribution in [1.82, 2.24) is 0 Å². The number of aryl methyl sites for hydroxylation is 1. The van der Waals surface area contributed by atoms with Crippen LogP contribution in [0.1, 0.15) is 17.5 Å². The van der Waals surface area contributed by atoms with Gasteiger partial charge < -0.3 is 4.74 Å². The number of benzene rings is 2. The van der Waals surface area contributed by atoms with Gasteiger partial charge in [-0.2, -0.15) is 0 Å². The molecule has 0 N–H and O–H groups in total. The first-order valence-electron chi connectivity index (χ1n) is 7.63. The second-order valence-corrected chi connectivity index (χ2v) is 7.93. The Hall–Kier alpha value is -2.40. The zero-order valence-corrected chi connectivity index (χ0v) is 14.4. The van der Waals surface area contributed by atoms with Crippen LogP contribution in [-0.4, -0.2) is 27.2 Å². The third-order valence-corrected chi connectivity index (χ3v) is 5.93. The maximum absolute atomic E-state index is 12.5. The van der Waals surface area contributed by atoms with Crippen LogP contribution in [-0.2, 0) is 19.4 Å². The van der Waals surface area contributed by atoms with Crippen molar-refractivity contribution in [3.05, 3.63) is 59.2 Å². The average Bonchev–Trinajstić information content (AvgIpc) is 2.71. The molecular weight excluding hydrogens is 324 g/mol. The number of carbonyl (C=O) groups excluding carboxylic acids is 1. The second kappa shape index (κ2) is 6.24. The van der Waals surface area contributed by atoms with Gasteiger partial charge in [-0.1, -0.05) is 35.9 Å². The summed E-state index contributed by atoms with van der Waals surface area (Å²) < 4.78 is 29.7. The van der Waals surface area contributed by atoms with Crippen molar-refractivity contribution in [2.75, 3.05) is 12.9 Å². The van der Waals surface area contributed by atoms with Crippen LogP contribution in [0, 0.1) is 6.92 Å². The predicted molar refractivity (Wildman–Crippen MR) is 93.3 cm³/mol. The van der Waals surface area contributed by atoms with Crippen molar-refractivity contribution in [3.8, 4) is 11.1 Å². The van der Waals surface area contributed by atoms with Crippen LogP contribution in [0.3, 0.4) is 0 Å². The number of sulfone groups is 1. The Kier molecular flexibility index (Phi) is 4.28. The molecule has 2 aromatic rings. The molecule has 3 rings (SSSR count). The average molecular weight is 342 g/mol. The van der Waals surface area contributed by atoms with E-state index in [0.717, 1.165) is 16.7 Å². The molecule has 4 nitrogen and oxygen atoms in total. The lowest BCUT2D eigenvalue weighted by atomic mass is 10.0. The van der Waals surface area contributed by atoms with Gasteiger partial charge in [0.25, 0.3) is 0 Å². The van der Waals surface area contributed by atoms with Crippen molar-refractivity contribution in [2.45, 2.75) is 18.2 Å². The van der Waals surface area contributed by atoms with Crippen molar-refractivity contribution < 1.29 is 17.9 Å². The molecule has 2 aromatic carbocycles. The Morgan fingerprint density at radius 1 is 1.04 bits per heavy atom. The molecule has 124 valence electrons. The van der Waals surface area contributed by atoms with E-state index in [4.69, 9.17) is 4.74 Å². The normalized spacial score (nSPS) is 15.8. The summed E-state index contributed by atoms with van der Waals surface area (Å²) in [5.41, 5.74) is 3.97. The summed E-state index contributed by atoms with van der Waals surface area (Å²) in [6, 6.07) is 13.2. The summed E-state index contributed by atoms with van der Waals surface area (Å²) in [5, 5.41) is 0. The van der Waals surface area contributed by atoms with Crippen molar-refractivity contribution in [3.63, 3.8) is 0 Å². The minimum atomic E-state index is -3.42. The summed E-state index contributed by atoms with van der Waals surface area (Å²) >= 11 is 0. The number of fused-ring (bicyclic) bond motifs is 1. The Balaban J connectivity index is 2.15. The molecule has 0 saturated heterocycles. The van der Waals surface area contributed by atoms with Gasteiger partial charge in [-0.15, -0.1) is 0 Å². The fourth-order valence-corrected chi connectivity index (χ4v) is 4.24. The van der Waals surface area contributed by atoms with E-state index in [-0.39, 0.29) is 17.1 Å². The van der Waals surface area contributed by atoms with E-state index in [1.807, 2.05) is 37.3 Å². The molecule has 0 atom stereocenters. The van der Waals surface area contributed by atoms with Gasteiger partial charge in [-0.3, -0.25) is 0 Å². The highest BCUT2D eigenvalue weighted by molar-refractivity contribution is 7.91. The Bertz CT molecular complexity index is 922.